The molecule has 0 fully saturated rings. The zero-order valence-corrected chi connectivity index (χ0v) is 11.8. The molecule has 2 heterocycles. The van der Waals surface area contributed by atoms with Crippen LogP contribution >= 0.6 is 11.3 Å². The third-order valence-corrected chi connectivity index (χ3v) is 3.95. The molecule has 0 spiro atoms. The van der Waals surface area contributed by atoms with E-state index in [0.717, 1.165) is 17.6 Å². The smallest absolute Gasteiger partial charge is 0.329 e. The SMILES string of the molecule is CCc1cnc([C@@H](C)Nc2ncc([N+](=O)[O-])c(N)n2)s1. The first-order chi connectivity index (χ1) is 9.51. The lowest BCUT2D eigenvalue weighted by Crippen LogP contribution is -2.10. The van der Waals surface area contributed by atoms with Gasteiger partial charge < -0.3 is 11.1 Å². The van der Waals surface area contributed by atoms with E-state index >= 15 is 0 Å². The average Bonchev–Trinajstić information content (AvgIpc) is 2.87. The van der Waals surface area contributed by atoms with Crippen LogP contribution in [0.1, 0.15) is 29.8 Å². The number of aryl methyl sites for hydroxylation is 1. The van der Waals surface area contributed by atoms with E-state index in [1.807, 2.05) is 13.1 Å². The molecule has 0 aliphatic rings. The standard InChI is InChI=1S/C11H14N6O2S/c1-3-7-4-13-10(20-7)6(2)15-11-14-5-8(17(18)19)9(12)16-11/h4-6H,3H2,1-2H3,(H3,12,14,15,16)/t6-/m1/s1. The van der Waals surface area contributed by atoms with Crippen molar-refractivity contribution in [3.8, 4) is 0 Å². The fraction of sp³-hybridized carbons (Fsp3) is 0.364. The minimum atomic E-state index is -0.614. The first-order valence-corrected chi connectivity index (χ1v) is 6.81. The molecule has 0 saturated carbocycles. The van der Waals surface area contributed by atoms with Gasteiger partial charge in [0.25, 0.3) is 0 Å². The summed E-state index contributed by atoms with van der Waals surface area (Å²) in [5, 5.41) is 14.6. The number of thiazole rings is 1. The second-order valence-corrected chi connectivity index (χ2v) is 5.25. The van der Waals surface area contributed by atoms with Crippen LogP contribution in [-0.2, 0) is 6.42 Å². The molecular weight excluding hydrogens is 280 g/mol. The van der Waals surface area contributed by atoms with Gasteiger partial charge >= 0.3 is 5.69 Å². The summed E-state index contributed by atoms with van der Waals surface area (Å²) in [4.78, 5) is 23.3. The summed E-state index contributed by atoms with van der Waals surface area (Å²) in [5.41, 5.74) is 5.22. The second-order valence-electron chi connectivity index (χ2n) is 4.11. The van der Waals surface area contributed by atoms with Crippen molar-refractivity contribution in [3.63, 3.8) is 0 Å². The number of anilines is 2. The molecule has 8 nitrogen and oxygen atoms in total. The summed E-state index contributed by atoms with van der Waals surface area (Å²) in [5.74, 6) is 0.0851. The van der Waals surface area contributed by atoms with Crippen LogP contribution < -0.4 is 11.1 Å². The Bertz CT molecular complexity index is 629. The van der Waals surface area contributed by atoms with Crippen molar-refractivity contribution in [1.82, 2.24) is 15.0 Å². The molecule has 0 radical (unpaired) electrons. The average molecular weight is 294 g/mol. The van der Waals surface area contributed by atoms with Crippen LogP contribution in [-0.4, -0.2) is 19.9 Å². The molecule has 0 aromatic carbocycles. The van der Waals surface area contributed by atoms with Gasteiger partial charge in [0.15, 0.2) is 0 Å². The number of aromatic nitrogens is 3. The van der Waals surface area contributed by atoms with E-state index < -0.39 is 4.92 Å². The van der Waals surface area contributed by atoms with Gasteiger partial charge in [-0.2, -0.15) is 4.98 Å². The molecule has 3 N–H and O–H groups in total. The van der Waals surface area contributed by atoms with Crippen molar-refractivity contribution in [1.29, 1.82) is 0 Å². The lowest BCUT2D eigenvalue weighted by molar-refractivity contribution is -0.384. The van der Waals surface area contributed by atoms with E-state index in [-0.39, 0.29) is 23.5 Å². The van der Waals surface area contributed by atoms with E-state index in [1.54, 1.807) is 11.3 Å². The fourth-order valence-corrected chi connectivity index (χ4v) is 2.40. The Labute approximate surface area is 119 Å². The highest BCUT2D eigenvalue weighted by molar-refractivity contribution is 7.11. The van der Waals surface area contributed by atoms with Crippen molar-refractivity contribution in [3.05, 3.63) is 32.4 Å². The quantitative estimate of drug-likeness (QED) is 0.640. The topological polar surface area (TPSA) is 120 Å². The van der Waals surface area contributed by atoms with Crippen LogP contribution in [0.15, 0.2) is 12.4 Å². The van der Waals surface area contributed by atoms with Gasteiger partial charge in [-0.05, 0) is 13.3 Å². The maximum absolute atomic E-state index is 10.6. The lowest BCUT2D eigenvalue weighted by atomic mass is 10.3. The summed E-state index contributed by atoms with van der Waals surface area (Å²) in [6.45, 7) is 3.98. The zero-order valence-electron chi connectivity index (χ0n) is 11.0. The molecule has 0 saturated heterocycles. The summed E-state index contributed by atoms with van der Waals surface area (Å²) in [7, 11) is 0. The van der Waals surface area contributed by atoms with Gasteiger partial charge in [-0.1, -0.05) is 6.92 Å². The maximum atomic E-state index is 10.6. The number of nitrogens with zero attached hydrogens (tertiary/aromatic N) is 4. The molecule has 106 valence electrons. The van der Waals surface area contributed by atoms with Crippen LogP contribution in [0.4, 0.5) is 17.5 Å². The van der Waals surface area contributed by atoms with Gasteiger partial charge in [0.1, 0.15) is 11.2 Å². The van der Waals surface area contributed by atoms with E-state index in [1.165, 1.54) is 4.88 Å². The Hall–Kier alpha value is -2.29. The monoisotopic (exact) mass is 294 g/mol. The largest absolute Gasteiger partial charge is 0.378 e. The Morgan fingerprint density at radius 2 is 2.25 bits per heavy atom. The van der Waals surface area contributed by atoms with Crippen molar-refractivity contribution in [2.45, 2.75) is 26.3 Å². The van der Waals surface area contributed by atoms with Gasteiger partial charge in [0.05, 0.1) is 11.0 Å². The van der Waals surface area contributed by atoms with Gasteiger partial charge in [-0.3, -0.25) is 10.1 Å². The number of nitrogens with one attached hydrogen (secondary N) is 1. The third-order valence-electron chi connectivity index (χ3n) is 2.63. The first-order valence-electron chi connectivity index (χ1n) is 5.99. The van der Waals surface area contributed by atoms with Crippen LogP contribution in [0, 0.1) is 10.1 Å². The minimum absolute atomic E-state index is 0.0962. The Balaban J connectivity index is 2.13. The molecule has 2 rings (SSSR count). The van der Waals surface area contributed by atoms with Crippen LogP contribution in [0.3, 0.4) is 0 Å². The first kappa shape index (κ1) is 14.1. The van der Waals surface area contributed by atoms with Crippen molar-refractivity contribution < 1.29 is 4.92 Å². The highest BCUT2D eigenvalue weighted by atomic mass is 32.1. The molecule has 0 amide bonds. The van der Waals surface area contributed by atoms with Crippen molar-refractivity contribution in [2.75, 3.05) is 11.1 Å². The van der Waals surface area contributed by atoms with Gasteiger partial charge in [0, 0.05) is 11.1 Å². The normalized spacial score (nSPS) is 12.1. The molecular formula is C11H14N6O2S. The molecule has 0 unspecified atom stereocenters. The van der Waals surface area contributed by atoms with Crippen LogP contribution in [0.2, 0.25) is 0 Å². The molecule has 1 atom stereocenters. The summed E-state index contributed by atoms with van der Waals surface area (Å²) < 4.78 is 0. The molecule has 20 heavy (non-hydrogen) atoms. The van der Waals surface area contributed by atoms with Crippen molar-refractivity contribution >= 4 is 28.8 Å². The molecule has 0 aliphatic heterocycles. The predicted molar refractivity (Wildman–Crippen MR) is 76.6 cm³/mol. The highest BCUT2D eigenvalue weighted by Crippen LogP contribution is 2.24. The number of nitrogens with two attached hydrogens (primary N) is 1. The summed E-state index contributed by atoms with van der Waals surface area (Å²) >= 11 is 1.60. The predicted octanol–water partition coefficient (Wildman–Crippen LogP) is 2.16. The number of rotatable bonds is 5. The van der Waals surface area contributed by atoms with Crippen LogP contribution in [0.5, 0.6) is 0 Å². The van der Waals surface area contributed by atoms with Crippen LogP contribution in [0.25, 0.3) is 0 Å². The lowest BCUT2D eigenvalue weighted by Gasteiger charge is -2.10. The molecule has 0 aliphatic carbocycles. The van der Waals surface area contributed by atoms with E-state index in [2.05, 4.69) is 27.2 Å². The summed E-state index contributed by atoms with van der Waals surface area (Å²) in [6.07, 6.45) is 3.87. The Morgan fingerprint density at radius 1 is 1.50 bits per heavy atom. The number of hydrogen-bond acceptors (Lipinski definition) is 8. The molecule has 0 bridgehead atoms. The molecule has 9 heteroatoms. The fourth-order valence-electron chi connectivity index (χ4n) is 1.54. The van der Waals surface area contributed by atoms with E-state index in [0.29, 0.717) is 0 Å². The highest BCUT2D eigenvalue weighted by Gasteiger charge is 2.16. The second kappa shape index (κ2) is 5.78. The maximum Gasteiger partial charge on any atom is 0.329 e. The third kappa shape index (κ3) is 2.99. The molecule has 2 aromatic heterocycles. The van der Waals surface area contributed by atoms with E-state index in [9.17, 15) is 10.1 Å². The minimum Gasteiger partial charge on any atom is -0.378 e. The summed E-state index contributed by atoms with van der Waals surface area (Å²) in [6, 6.07) is -0.0962. The van der Waals surface area contributed by atoms with Gasteiger partial charge in [-0.25, -0.2) is 9.97 Å². The Kier molecular flexibility index (Phi) is 4.08. The number of nitro groups is 1. The number of hydrogen-bond donors (Lipinski definition) is 2. The Morgan fingerprint density at radius 3 is 2.80 bits per heavy atom. The van der Waals surface area contributed by atoms with Crippen molar-refractivity contribution in [2.24, 2.45) is 0 Å². The molecule has 2 aromatic rings. The zero-order chi connectivity index (χ0) is 14.7. The van der Waals surface area contributed by atoms with Gasteiger partial charge in [0.2, 0.25) is 11.8 Å². The number of nitrogen functional groups attached to an aromatic ring is 1. The van der Waals surface area contributed by atoms with Gasteiger partial charge in [-0.15, -0.1) is 11.3 Å². The van der Waals surface area contributed by atoms with E-state index in [4.69, 9.17) is 5.73 Å².